The Kier molecular flexibility index (Phi) is 5.26. The second kappa shape index (κ2) is 6.05. The van der Waals surface area contributed by atoms with Crippen molar-refractivity contribution < 1.29 is 4.79 Å². The van der Waals surface area contributed by atoms with E-state index in [1.165, 1.54) is 12.8 Å². The number of hydrogen-bond acceptors (Lipinski definition) is 2. The molecule has 4 atom stereocenters. The number of halogens is 1. The largest absolute Gasteiger partial charge is 0.342 e. The van der Waals surface area contributed by atoms with Gasteiger partial charge in [-0.25, -0.2) is 0 Å². The van der Waals surface area contributed by atoms with Crippen LogP contribution < -0.4 is 5.73 Å². The molecule has 0 aromatic rings. The molecule has 4 heteroatoms. The highest BCUT2D eigenvalue weighted by Crippen LogP contribution is 2.36. The summed E-state index contributed by atoms with van der Waals surface area (Å²) in [7, 11) is 0. The van der Waals surface area contributed by atoms with Crippen LogP contribution in [0.2, 0.25) is 0 Å². The number of likely N-dealkylation sites (tertiary alicyclic amines) is 1. The standard InChI is InChI=1S/C13H24N2O.ClH/c1-3-9(2)13(16)15-7-10-5-4-6-12(14)11(10)8-15;/h9-12H,3-8,14H2,1-2H3;1H. The van der Waals surface area contributed by atoms with Crippen LogP contribution in [0.1, 0.15) is 39.5 Å². The average molecular weight is 261 g/mol. The van der Waals surface area contributed by atoms with E-state index in [1.807, 2.05) is 6.92 Å². The minimum atomic E-state index is 0. The summed E-state index contributed by atoms with van der Waals surface area (Å²) >= 11 is 0. The first-order valence-corrected chi connectivity index (χ1v) is 6.67. The van der Waals surface area contributed by atoms with Crippen molar-refractivity contribution >= 4 is 18.3 Å². The molecule has 2 rings (SSSR count). The van der Waals surface area contributed by atoms with Crippen LogP contribution >= 0.6 is 12.4 Å². The number of fused-ring (bicyclic) bond motifs is 1. The molecule has 1 heterocycles. The molecule has 0 aromatic heterocycles. The van der Waals surface area contributed by atoms with Crippen molar-refractivity contribution in [1.82, 2.24) is 4.90 Å². The summed E-state index contributed by atoms with van der Waals surface area (Å²) in [5.74, 6) is 1.76. The maximum Gasteiger partial charge on any atom is 0.225 e. The monoisotopic (exact) mass is 260 g/mol. The summed E-state index contributed by atoms with van der Waals surface area (Å²) in [4.78, 5) is 14.2. The third-order valence-electron chi connectivity index (χ3n) is 4.50. The van der Waals surface area contributed by atoms with E-state index in [0.717, 1.165) is 25.9 Å². The third-order valence-corrected chi connectivity index (χ3v) is 4.50. The van der Waals surface area contributed by atoms with Crippen molar-refractivity contribution in [2.75, 3.05) is 13.1 Å². The molecule has 0 bridgehead atoms. The predicted molar refractivity (Wildman–Crippen MR) is 72.1 cm³/mol. The molecule has 1 saturated heterocycles. The SMILES string of the molecule is CCC(C)C(=O)N1CC2CCCC(N)C2C1.Cl. The van der Waals surface area contributed by atoms with Gasteiger partial charge in [-0.15, -0.1) is 12.4 Å². The van der Waals surface area contributed by atoms with E-state index >= 15 is 0 Å². The lowest BCUT2D eigenvalue weighted by Crippen LogP contribution is -2.39. The number of nitrogens with zero attached hydrogens (tertiary/aromatic N) is 1. The Morgan fingerprint density at radius 2 is 2.12 bits per heavy atom. The lowest BCUT2D eigenvalue weighted by molar-refractivity contribution is -0.134. The molecule has 2 fully saturated rings. The zero-order valence-electron chi connectivity index (χ0n) is 10.9. The van der Waals surface area contributed by atoms with Gasteiger partial charge in [0.15, 0.2) is 0 Å². The van der Waals surface area contributed by atoms with Crippen LogP contribution in [0.5, 0.6) is 0 Å². The summed E-state index contributed by atoms with van der Waals surface area (Å²) in [5, 5.41) is 0. The van der Waals surface area contributed by atoms with Crippen LogP contribution in [0.15, 0.2) is 0 Å². The molecule has 100 valence electrons. The van der Waals surface area contributed by atoms with Crippen LogP contribution in [0.25, 0.3) is 0 Å². The summed E-state index contributed by atoms with van der Waals surface area (Å²) < 4.78 is 0. The van der Waals surface area contributed by atoms with Gasteiger partial charge in [-0.1, -0.05) is 20.3 Å². The zero-order valence-corrected chi connectivity index (χ0v) is 11.7. The Balaban J connectivity index is 0.00000144. The molecule has 0 radical (unpaired) electrons. The number of carbonyl (C=O) groups is 1. The molecule has 2 N–H and O–H groups in total. The zero-order chi connectivity index (χ0) is 11.7. The van der Waals surface area contributed by atoms with Gasteiger partial charge in [0.25, 0.3) is 0 Å². The fourth-order valence-corrected chi connectivity index (χ4v) is 3.18. The second-order valence-electron chi connectivity index (χ2n) is 5.57. The normalized spacial score (nSPS) is 33.8. The Hall–Kier alpha value is -0.280. The minimum absolute atomic E-state index is 0. The summed E-state index contributed by atoms with van der Waals surface area (Å²) in [6.07, 6.45) is 4.60. The Morgan fingerprint density at radius 1 is 1.41 bits per heavy atom. The summed E-state index contributed by atoms with van der Waals surface area (Å²) in [6, 6.07) is 0.327. The Bertz CT molecular complexity index is 272. The first-order chi connectivity index (χ1) is 7.63. The molecular weight excluding hydrogens is 236 g/mol. The van der Waals surface area contributed by atoms with E-state index in [4.69, 9.17) is 5.73 Å². The fourth-order valence-electron chi connectivity index (χ4n) is 3.18. The average Bonchev–Trinajstić information content (AvgIpc) is 2.72. The Morgan fingerprint density at radius 3 is 2.71 bits per heavy atom. The van der Waals surface area contributed by atoms with E-state index in [-0.39, 0.29) is 18.3 Å². The van der Waals surface area contributed by atoms with Gasteiger partial charge in [0.05, 0.1) is 0 Å². The molecule has 3 nitrogen and oxygen atoms in total. The maximum absolute atomic E-state index is 12.1. The smallest absolute Gasteiger partial charge is 0.225 e. The van der Waals surface area contributed by atoms with Crippen LogP contribution in [-0.4, -0.2) is 29.9 Å². The van der Waals surface area contributed by atoms with Gasteiger partial charge in [-0.05, 0) is 31.1 Å². The van der Waals surface area contributed by atoms with Crippen LogP contribution in [-0.2, 0) is 4.79 Å². The van der Waals surface area contributed by atoms with Crippen LogP contribution in [0.3, 0.4) is 0 Å². The maximum atomic E-state index is 12.1. The highest BCUT2D eigenvalue weighted by molar-refractivity contribution is 5.85. The van der Waals surface area contributed by atoms with Crippen molar-refractivity contribution in [3.05, 3.63) is 0 Å². The van der Waals surface area contributed by atoms with Crippen molar-refractivity contribution in [3.63, 3.8) is 0 Å². The highest BCUT2D eigenvalue weighted by Gasteiger charge is 2.40. The first kappa shape index (κ1) is 14.8. The highest BCUT2D eigenvalue weighted by atomic mass is 35.5. The van der Waals surface area contributed by atoms with Crippen LogP contribution in [0.4, 0.5) is 0 Å². The second-order valence-corrected chi connectivity index (χ2v) is 5.57. The van der Waals surface area contributed by atoms with Crippen molar-refractivity contribution in [2.45, 2.75) is 45.6 Å². The number of carbonyl (C=O) groups excluding carboxylic acids is 1. The number of nitrogens with two attached hydrogens (primary N) is 1. The topological polar surface area (TPSA) is 46.3 Å². The molecule has 0 aromatic carbocycles. The number of hydrogen-bond donors (Lipinski definition) is 1. The van der Waals surface area contributed by atoms with Gasteiger partial charge in [0, 0.05) is 25.0 Å². The van der Waals surface area contributed by atoms with Gasteiger partial charge in [0.1, 0.15) is 0 Å². The predicted octanol–water partition coefficient (Wildman–Crippen LogP) is 2.04. The van der Waals surface area contributed by atoms with E-state index in [0.29, 0.717) is 23.8 Å². The van der Waals surface area contributed by atoms with Crippen molar-refractivity contribution in [3.8, 4) is 0 Å². The van der Waals surface area contributed by atoms with Gasteiger partial charge < -0.3 is 10.6 Å². The van der Waals surface area contributed by atoms with Gasteiger partial charge in [0.2, 0.25) is 5.91 Å². The van der Waals surface area contributed by atoms with Gasteiger partial charge >= 0.3 is 0 Å². The molecular formula is C13H25ClN2O. The summed E-state index contributed by atoms with van der Waals surface area (Å²) in [5.41, 5.74) is 6.15. The van der Waals surface area contributed by atoms with E-state index < -0.39 is 0 Å². The van der Waals surface area contributed by atoms with Gasteiger partial charge in [-0.2, -0.15) is 0 Å². The molecule has 0 spiro atoms. The molecule has 1 saturated carbocycles. The molecule has 1 aliphatic heterocycles. The quantitative estimate of drug-likeness (QED) is 0.826. The van der Waals surface area contributed by atoms with Crippen molar-refractivity contribution in [2.24, 2.45) is 23.5 Å². The molecule has 17 heavy (non-hydrogen) atoms. The number of rotatable bonds is 2. The molecule has 1 amide bonds. The molecule has 4 unspecified atom stereocenters. The van der Waals surface area contributed by atoms with Crippen LogP contribution in [0, 0.1) is 17.8 Å². The fraction of sp³-hybridized carbons (Fsp3) is 0.923. The van der Waals surface area contributed by atoms with E-state index in [9.17, 15) is 4.79 Å². The van der Waals surface area contributed by atoms with Gasteiger partial charge in [-0.3, -0.25) is 4.79 Å². The summed E-state index contributed by atoms with van der Waals surface area (Å²) in [6.45, 7) is 5.98. The Labute approximate surface area is 111 Å². The number of amides is 1. The molecule has 2 aliphatic rings. The lowest BCUT2D eigenvalue weighted by Gasteiger charge is -2.29. The minimum Gasteiger partial charge on any atom is -0.342 e. The van der Waals surface area contributed by atoms with Crippen molar-refractivity contribution in [1.29, 1.82) is 0 Å². The van der Waals surface area contributed by atoms with E-state index in [2.05, 4.69) is 11.8 Å². The van der Waals surface area contributed by atoms with E-state index in [1.54, 1.807) is 0 Å². The third kappa shape index (κ3) is 2.94. The lowest BCUT2D eigenvalue weighted by atomic mass is 9.78. The first-order valence-electron chi connectivity index (χ1n) is 6.67. The molecule has 1 aliphatic carbocycles.